The Morgan fingerprint density at radius 2 is 1.72 bits per heavy atom. The van der Waals surface area contributed by atoms with Crippen molar-refractivity contribution in [3.63, 3.8) is 0 Å². The van der Waals surface area contributed by atoms with Crippen LogP contribution < -0.4 is 5.32 Å². The smallest absolute Gasteiger partial charge is 0.295 e. The molecule has 1 amide bonds. The molecule has 1 N–H and O–H groups in total. The average Bonchev–Trinajstić information content (AvgIpc) is 3.16. The fraction of sp³-hybridized carbons (Fsp3) is 0.0455. The topological polar surface area (TPSA) is 59.8 Å². The number of amides is 1. The summed E-state index contributed by atoms with van der Waals surface area (Å²) in [5.41, 5.74) is 3.15. The molecule has 0 atom stereocenters. The van der Waals surface area contributed by atoms with Crippen molar-refractivity contribution in [2.75, 3.05) is 5.32 Å². The van der Waals surface area contributed by atoms with Gasteiger partial charge in [-0.25, -0.2) is 9.67 Å². The summed E-state index contributed by atoms with van der Waals surface area (Å²) < 4.78 is 1.63. The van der Waals surface area contributed by atoms with Gasteiger partial charge < -0.3 is 5.32 Å². The lowest BCUT2D eigenvalue weighted by Gasteiger charge is -2.06. The summed E-state index contributed by atoms with van der Waals surface area (Å²) in [6.45, 7) is 2.01. The van der Waals surface area contributed by atoms with E-state index in [0.717, 1.165) is 16.8 Å². The fourth-order valence-corrected chi connectivity index (χ4v) is 3.20. The average molecular weight is 423 g/mol. The molecule has 144 valence electrons. The molecule has 0 aliphatic carbocycles. The molecule has 1 heterocycles. The van der Waals surface area contributed by atoms with E-state index in [1.807, 2.05) is 43.3 Å². The number of aromatic nitrogens is 3. The van der Waals surface area contributed by atoms with Crippen molar-refractivity contribution in [2.45, 2.75) is 6.92 Å². The van der Waals surface area contributed by atoms with Crippen molar-refractivity contribution in [3.05, 3.63) is 94.2 Å². The Balaban J connectivity index is 1.78. The van der Waals surface area contributed by atoms with Gasteiger partial charge in [-0.15, -0.1) is 5.10 Å². The molecule has 0 aliphatic rings. The van der Waals surface area contributed by atoms with Gasteiger partial charge in [0.2, 0.25) is 5.82 Å². The quantitative estimate of drug-likeness (QED) is 0.451. The van der Waals surface area contributed by atoms with Gasteiger partial charge in [0.25, 0.3) is 5.91 Å². The third-order valence-corrected chi connectivity index (χ3v) is 4.86. The van der Waals surface area contributed by atoms with Gasteiger partial charge in [-0.05, 0) is 43.3 Å². The summed E-state index contributed by atoms with van der Waals surface area (Å²) in [5, 5.41) is 8.22. The molecule has 5 nitrogen and oxygen atoms in total. The Morgan fingerprint density at radius 3 is 2.45 bits per heavy atom. The van der Waals surface area contributed by atoms with Crippen LogP contribution in [0, 0.1) is 6.92 Å². The minimum atomic E-state index is -0.452. The van der Waals surface area contributed by atoms with Gasteiger partial charge in [-0.1, -0.05) is 65.2 Å². The van der Waals surface area contributed by atoms with Crippen molar-refractivity contribution >= 4 is 34.8 Å². The monoisotopic (exact) mass is 422 g/mol. The molecule has 0 fully saturated rings. The summed E-state index contributed by atoms with van der Waals surface area (Å²) in [5.74, 6) is 0.0911. The van der Waals surface area contributed by atoms with Gasteiger partial charge >= 0.3 is 0 Å². The number of anilines is 1. The number of aryl methyl sites for hydroxylation is 1. The number of halogens is 2. The molecule has 4 aromatic rings. The Morgan fingerprint density at radius 1 is 0.966 bits per heavy atom. The predicted molar refractivity (Wildman–Crippen MR) is 116 cm³/mol. The first-order valence-electron chi connectivity index (χ1n) is 8.87. The molecule has 0 spiro atoms. The maximum atomic E-state index is 12.8. The minimum absolute atomic E-state index is 0.0282. The standard InChI is InChI=1S/C22H16Cl2N4O/c1-14-9-11-17(12-10-14)28-21(15-5-4-6-16(23)13-15)26-20(27-28)22(29)25-19-8-3-2-7-18(19)24/h2-13H,1H3,(H,25,29). The number of nitrogens with zero attached hydrogens (tertiary/aromatic N) is 3. The van der Waals surface area contributed by atoms with Gasteiger partial charge in [-0.3, -0.25) is 4.79 Å². The maximum Gasteiger partial charge on any atom is 0.295 e. The van der Waals surface area contributed by atoms with Crippen LogP contribution in [0.5, 0.6) is 0 Å². The highest BCUT2D eigenvalue weighted by atomic mass is 35.5. The number of carbonyl (C=O) groups excluding carboxylic acids is 1. The van der Waals surface area contributed by atoms with Crippen molar-refractivity contribution in [1.29, 1.82) is 0 Å². The van der Waals surface area contributed by atoms with Gasteiger partial charge in [0.05, 0.1) is 16.4 Å². The van der Waals surface area contributed by atoms with E-state index < -0.39 is 5.91 Å². The Kier molecular flexibility index (Phi) is 5.34. The summed E-state index contributed by atoms with van der Waals surface area (Å²) >= 11 is 12.3. The number of hydrogen-bond acceptors (Lipinski definition) is 3. The van der Waals surface area contributed by atoms with Crippen LogP contribution in [0.1, 0.15) is 16.2 Å². The predicted octanol–water partition coefficient (Wildman–Crippen LogP) is 5.80. The molecule has 0 saturated heterocycles. The van der Waals surface area contributed by atoms with E-state index in [4.69, 9.17) is 23.2 Å². The second-order valence-electron chi connectivity index (χ2n) is 6.45. The number of rotatable bonds is 4. The largest absolute Gasteiger partial charge is 0.318 e. The summed E-state index contributed by atoms with van der Waals surface area (Å²) in [7, 11) is 0. The highest BCUT2D eigenvalue weighted by molar-refractivity contribution is 6.33. The lowest BCUT2D eigenvalue weighted by molar-refractivity contribution is 0.101. The minimum Gasteiger partial charge on any atom is -0.318 e. The van der Waals surface area contributed by atoms with Gasteiger partial charge in [-0.2, -0.15) is 0 Å². The van der Waals surface area contributed by atoms with Gasteiger partial charge in [0.1, 0.15) is 0 Å². The number of para-hydroxylation sites is 1. The summed E-state index contributed by atoms with van der Waals surface area (Å²) in [6, 6.07) is 22.1. The lowest BCUT2D eigenvalue weighted by Crippen LogP contribution is -2.14. The van der Waals surface area contributed by atoms with Crippen LogP contribution in [0.3, 0.4) is 0 Å². The van der Waals surface area contributed by atoms with E-state index in [9.17, 15) is 4.79 Å². The molecular weight excluding hydrogens is 407 g/mol. The number of carbonyl (C=O) groups is 1. The molecular formula is C22H16Cl2N4O. The first-order chi connectivity index (χ1) is 14.0. The molecule has 4 rings (SSSR count). The van der Waals surface area contributed by atoms with Crippen LogP contribution in [0.25, 0.3) is 17.1 Å². The number of benzene rings is 3. The normalized spacial score (nSPS) is 10.7. The van der Waals surface area contributed by atoms with Crippen molar-refractivity contribution < 1.29 is 4.79 Å². The van der Waals surface area contributed by atoms with Crippen LogP contribution in [-0.4, -0.2) is 20.7 Å². The molecule has 0 saturated carbocycles. The van der Waals surface area contributed by atoms with Gasteiger partial charge in [0, 0.05) is 10.6 Å². The number of nitrogens with one attached hydrogen (secondary N) is 1. The molecule has 0 bridgehead atoms. The number of hydrogen-bond donors (Lipinski definition) is 1. The first kappa shape index (κ1) is 19.2. The molecule has 1 aromatic heterocycles. The zero-order valence-corrected chi connectivity index (χ0v) is 16.9. The second kappa shape index (κ2) is 8.07. The van der Waals surface area contributed by atoms with Crippen molar-refractivity contribution in [1.82, 2.24) is 14.8 Å². The van der Waals surface area contributed by atoms with E-state index in [2.05, 4.69) is 15.4 Å². The maximum absolute atomic E-state index is 12.8. The summed E-state index contributed by atoms with van der Waals surface area (Å²) in [6.07, 6.45) is 0. The van der Waals surface area contributed by atoms with E-state index in [1.54, 1.807) is 41.1 Å². The second-order valence-corrected chi connectivity index (χ2v) is 7.29. The third kappa shape index (κ3) is 4.16. The lowest BCUT2D eigenvalue weighted by atomic mass is 10.2. The molecule has 0 aliphatic heterocycles. The third-order valence-electron chi connectivity index (χ3n) is 4.29. The summed E-state index contributed by atoms with van der Waals surface area (Å²) in [4.78, 5) is 17.3. The van der Waals surface area contributed by atoms with Crippen LogP contribution in [0.2, 0.25) is 10.0 Å². The van der Waals surface area contributed by atoms with Gasteiger partial charge in [0.15, 0.2) is 5.82 Å². The van der Waals surface area contributed by atoms with Crippen molar-refractivity contribution in [3.8, 4) is 17.1 Å². The Labute approximate surface area is 177 Å². The van der Waals surface area contributed by atoms with Crippen LogP contribution in [-0.2, 0) is 0 Å². The molecule has 0 radical (unpaired) electrons. The molecule has 7 heteroatoms. The zero-order valence-electron chi connectivity index (χ0n) is 15.4. The van der Waals surface area contributed by atoms with Crippen LogP contribution in [0.4, 0.5) is 5.69 Å². The van der Waals surface area contributed by atoms with Crippen LogP contribution in [0.15, 0.2) is 72.8 Å². The van der Waals surface area contributed by atoms with E-state index in [0.29, 0.717) is 21.6 Å². The SMILES string of the molecule is Cc1ccc(-n2nc(C(=O)Nc3ccccc3Cl)nc2-c2cccc(Cl)c2)cc1. The Bertz CT molecular complexity index is 1190. The first-order valence-corrected chi connectivity index (χ1v) is 9.63. The molecule has 3 aromatic carbocycles. The van der Waals surface area contributed by atoms with E-state index >= 15 is 0 Å². The molecule has 0 unspecified atom stereocenters. The van der Waals surface area contributed by atoms with Crippen LogP contribution >= 0.6 is 23.2 Å². The fourth-order valence-electron chi connectivity index (χ4n) is 2.83. The highest BCUT2D eigenvalue weighted by Gasteiger charge is 2.19. The molecule has 29 heavy (non-hydrogen) atoms. The Hall–Kier alpha value is -3.15. The highest BCUT2D eigenvalue weighted by Crippen LogP contribution is 2.25. The van der Waals surface area contributed by atoms with E-state index in [-0.39, 0.29) is 5.82 Å². The van der Waals surface area contributed by atoms with Crippen molar-refractivity contribution in [2.24, 2.45) is 0 Å². The van der Waals surface area contributed by atoms with E-state index in [1.165, 1.54) is 0 Å². The zero-order chi connectivity index (χ0) is 20.4.